The third-order valence-corrected chi connectivity index (χ3v) is 7.92. The summed E-state index contributed by atoms with van der Waals surface area (Å²) < 4.78 is 14.7. The van der Waals surface area contributed by atoms with Gasteiger partial charge < -0.3 is 29.8 Å². The van der Waals surface area contributed by atoms with Gasteiger partial charge in [-0.25, -0.2) is 4.98 Å². The van der Waals surface area contributed by atoms with Crippen molar-refractivity contribution in [1.29, 1.82) is 0 Å². The highest BCUT2D eigenvalue weighted by Crippen LogP contribution is 2.42. The maximum Gasteiger partial charge on any atom is 0.224 e. The highest BCUT2D eigenvalue weighted by Gasteiger charge is 2.38. The number of amides is 2. The molecule has 1 aliphatic heterocycles. The number of carbonyl (C=O) groups is 2. The number of aromatic nitrogens is 2. The van der Waals surface area contributed by atoms with E-state index < -0.39 is 6.29 Å². The van der Waals surface area contributed by atoms with Crippen molar-refractivity contribution >= 4 is 40.7 Å². The fourth-order valence-corrected chi connectivity index (χ4v) is 5.10. The summed E-state index contributed by atoms with van der Waals surface area (Å²) in [6.07, 6.45) is 3.24. The van der Waals surface area contributed by atoms with Crippen LogP contribution in [0.1, 0.15) is 68.6 Å². The average molecular weight is 604 g/mol. The number of ether oxygens (including phenoxy) is 2. The van der Waals surface area contributed by atoms with Gasteiger partial charge in [-0.15, -0.1) is 0 Å². The van der Waals surface area contributed by atoms with Crippen molar-refractivity contribution in [2.24, 2.45) is 5.92 Å². The fourth-order valence-electron chi connectivity index (χ4n) is 4.79. The monoisotopic (exact) mass is 602 g/mol. The maximum atomic E-state index is 12.4. The van der Waals surface area contributed by atoms with Gasteiger partial charge in [-0.05, 0) is 36.1 Å². The van der Waals surface area contributed by atoms with Crippen LogP contribution in [0.3, 0.4) is 0 Å². The molecule has 0 aliphatic carbocycles. The van der Waals surface area contributed by atoms with E-state index >= 15 is 0 Å². The van der Waals surface area contributed by atoms with Gasteiger partial charge in [0, 0.05) is 37.1 Å². The van der Waals surface area contributed by atoms with Crippen LogP contribution in [0.2, 0.25) is 10.3 Å². The van der Waals surface area contributed by atoms with Crippen LogP contribution in [0.15, 0.2) is 54.9 Å². The van der Waals surface area contributed by atoms with Crippen molar-refractivity contribution in [3.8, 4) is 0 Å². The SMILES string of the molecule is CC(=O)NCCCCCC(=O)Nc1ccc([C@@H]2O[C@H](Cn3cnc(Cl)c3Cl)[C@H](C)[C@H](c3ccc(CO)cc3)O2)cc1. The number of imidazole rings is 1. The lowest BCUT2D eigenvalue weighted by atomic mass is 9.90. The normalized spacial score (nSPS) is 20.5. The molecule has 3 N–H and O–H groups in total. The summed E-state index contributed by atoms with van der Waals surface area (Å²) in [6.45, 7) is 4.59. The van der Waals surface area contributed by atoms with Crippen LogP contribution in [-0.4, -0.2) is 39.1 Å². The second-order valence-electron chi connectivity index (χ2n) is 10.3. The fraction of sp³-hybridized carbons (Fsp3) is 0.433. The molecule has 1 saturated heterocycles. The maximum absolute atomic E-state index is 12.4. The molecule has 2 aromatic carbocycles. The largest absolute Gasteiger partial charge is 0.392 e. The van der Waals surface area contributed by atoms with Crippen molar-refractivity contribution in [2.75, 3.05) is 11.9 Å². The summed E-state index contributed by atoms with van der Waals surface area (Å²) in [5.41, 5.74) is 3.30. The number of nitrogens with one attached hydrogen (secondary N) is 2. The molecule has 41 heavy (non-hydrogen) atoms. The molecule has 9 nitrogen and oxygen atoms in total. The number of halogens is 2. The minimum atomic E-state index is -0.662. The molecule has 1 aromatic heterocycles. The molecule has 3 aromatic rings. The summed E-state index contributed by atoms with van der Waals surface area (Å²) in [5.74, 6) is -0.140. The number of unbranched alkanes of at least 4 members (excludes halogenated alkanes) is 2. The number of rotatable bonds is 12. The standard InChI is InChI=1S/C30H36Cl2N4O5/c1-19-25(16-36-18-34-28(31)29(36)32)40-30(41-27(19)22-9-7-21(17-37)8-10-22)23-11-13-24(14-12-23)35-26(39)6-4-3-5-15-33-20(2)38/h7-14,18-19,25,27,30,37H,3-6,15-17H2,1-2H3,(H,33,38)(H,35,39)/t19-,25+,27+,30+/m0/s1. The number of hydrogen-bond donors (Lipinski definition) is 3. The summed E-state index contributed by atoms with van der Waals surface area (Å²) in [6, 6.07) is 15.1. The number of hydrogen-bond acceptors (Lipinski definition) is 6. The molecule has 0 radical (unpaired) electrons. The Kier molecular flexibility index (Phi) is 11.2. The number of benzene rings is 2. The van der Waals surface area contributed by atoms with E-state index in [0.29, 0.717) is 30.4 Å². The molecule has 1 fully saturated rings. The lowest BCUT2D eigenvalue weighted by molar-refractivity contribution is -0.276. The van der Waals surface area contributed by atoms with Gasteiger partial charge in [0.05, 0.1) is 31.7 Å². The quantitative estimate of drug-likeness (QED) is 0.225. The highest BCUT2D eigenvalue weighted by atomic mass is 35.5. The Morgan fingerprint density at radius 1 is 1.00 bits per heavy atom. The summed E-state index contributed by atoms with van der Waals surface area (Å²) >= 11 is 12.4. The molecule has 2 amide bonds. The highest BCUT2D eigenvalue weighted by molar-refractivity contribution is 6.40. The predicted molar refractivity (Wildman–Crippen MR) is 157 cm³/mol. The Morgan fingerprint density at radius 3 is 2.34 bits per heavy atom. The van der Waals surface area contributed by atoms with Crippen molar-refractivity contribution in [3.05, 3.63) is 81.9 Å². The van der Waals surface area contributed by atoms with E-state index in [-0.39, 0.29) is 41.7 Å². The molecule has 0 bridgehead atoms. The van der Waals surface area contributed by atoms with Gasteiger partial charge in [-0.2, -0.15) is 0 Å². The second-order valence-corrected chi connectivity index (χ2v) is 11.0. The molecule has 4 rings (SSSR count). The minimum absolute atomic E-state index is 0.0307. The van der Waals surface area contributed by atoms with Gasteiger partial charge in [0.25, 0.3) is 0 Å². The lowest BCUT2D eigenvalue weighted by Gasteiger charge is -2.41. The molecule has 220 valence electrons. The van der Waals surface area contributed by atoms with E-state index in [1.165, 1.54) is 6.92 Å². The van der Waals surface area contributed by atoms with Gasteiger partial charge in [-0.1, -0.05) is 72.9 Å². The van der Waals surface area contributed by atoms with Crippen LogP contribution in [0, 0.1) is 5.92 Å². The summed E-state index contributed by atoms with van der Waals surface area (Å²) in [7, 11) is 0. The zero-order valence-corrected chi connectivity index (χ0v) is 24.7. The average Bonchev–Trinajstić information content (AvgIpc) is 3.28. The first-order valence-corrected chi connectivity index (χ1v) is 14.5. The number of aliphatic hydroxyl groups excluding tert-OH is 1. The first-order valence-electron chi connectivity index (χ1n) is 13.8. The lowest BCUT2D eigenvalue weighted by Crippen LogP contribution is -2.39. The number of anilines is 1. The minimum Gasteiger partial charge on any atom is -0.392 e. The van der Waals surface area contributed by atoms with Gasteiger partial charge in [0.15, 0.2) is 11.4 Å². The zero-order valence-electron chi connectivity index (χ0n) is 23.2. The Morgan fingerprint density at radius 2 is 1.71 bits per heavy atom. The van der Waals surface area contributed by atoms with E-state index in [1.807, 2.05) is 48.5 Å². The van der Waals surface area contributed by atoms with Crippen molar-refractivity contribution < 1.29 is 24.2 Å². The van der Waals surface area contributed by atoms with E-state index in [0.717, 1.165) is 36.0 Å². The second kappa shape index (κ2) is 14.8. The number of nitrogens with zero attached hydrogens (tertiary/aromatic N) is 2. The third-order valence-electron chi connectivity index (χ3n) is 7.15. The summed E-state index contributed by atoms with van der Waals surface area (Å²) in [5, 5.41) is 15.7. The number of aliphatic hydroxyl groups is 1. The molecule has 2 heterocycles. The van der Waals surface area contributed by atoms with Crippen LogP contribution < -0.4 is 10.6 Å². The van der Waals surface area contributed by atoms with Crippen LogP contribution in [0.25, 0.3) is 0 Å². The third kappa shape index (κ3) is 8.53. The Hall–Kier alpha value is -2.95. The van der Waals surface area contributed by atoms with Gasteiger partial charge in [-0.3, -0.25) is 9.59 Å². The van der Waals surface area contributed by atoms with Crippen LogP contribution in [-0.2, 0) is 32.2 Å². The Bertz CT molecular complexity index is 1300. The van der Waals surface area contributed by atoms with E-state index in [9.17, 15) is 14.7 Å². The van der Waals surface area contributed by atoms with Gasteiger partial charge >= 0.3 is 0 Å². The molecular formula is C30H36Cl2N4O5. The first-order chi connectivity index (χ1) is 19.7. The van der Waals surface area contributed by atoms with Crippen molar-refractivity contribution in [3.63, 3.8) is 0 Å². The predicted octanol–water partition coefficient (Wildman–Crippen LogP) is 5.81. The van der Waals surface area contributed by atoms with Crippen LogP contribution in [0.4, 0.5) is 5.69 Å². The molecule has 1 aliphatic rings. The van der Waals surface area contributed by atoms with Crippen molar-refractivity contribution in [1.82, 2.24) is 14.9 Å². The first kappa shape index (κ1) is 31.0. The van der Waals surface area contributed by atoms with Crippen LogP contribution >= 0.6 is 23.2 Å². The van der Waals surface area contributed by atoms with Gasteiger partial charge in [0.2, 0.25) is 11.8 Å². The molecular weight excluding hydrogens is 567 g/mol. The molecule has 0 spiro atoms. The van der Waals surface area contributed by atoms with E-state index in [4.69, 9.17) is 32.7 Å². The molecule has 0 saturated carbocycles. The molecule has 11 heteroatoms. The van der Waals surface area contributed by atoms with Gasteiger partial charge in [0.1, 0.15) is 5.15 Å². The van der Waals surface area contributed by atoms with E-state index in [2.05, 4.69) is 22.5 Å². The summed E-state index contributed by atoms with van der Waals surface area (Å²) in [4.78, 5) is 27.4. The van der Waals surface area contributed by atoms with E-state index in [1.54, 1.807) is 10.9 Å². The smallest absolute Gasteiger partial charge is 0.224 e. The van der Waals surface area contributed by atoms with Crippen molar-refractivity contribution in [2.45, 2.75) is 71.2 Å². The molecule has 4 atom stereocenters. The zero-order chi connectivity index (χ0) is 29.4. The molecule has 0 unspecified atom stereocenters. The Labute approximate surface area is 250 Å². The Balaban J connectivity index is 1.42. The number of carbonyl (C=O) groups excluding carboxylic acids is 2. The van der Waals surface area contributed by atoms with Crippen LogP contribution in [0.5, 0.6) is 0 Å². The topological polar surface area (TPSA) is 115 Å².